The van der Waals surface area contributed by atoms with Crippen LogP contribution in [0.25, 0.3) is 0 Å². The molecule has 0 saturated heterocycles. The van der Waals surface area contributed by atoms with Crippen molar-refractivity contribution in [2.45, 2.75) is 24.7 Å². The molecule has 0 saturated carbocycles. The summed E-state index contributed by atoms with van der Waals surface area (Å²) in [6, 6.07) is 10.9. The maximum Gasteiger partial charge on any atom is 0.251 e. The summed E-state index contributed by atoms with van der Waals surface area (Å²) in [7, 11) is -3.80. The van der Waals surface area contributed by atoms with E-state index in [0.29, 0.717) is 42.5 Å². The summed E-state index contributed by atoms with van der Waals surface area (Å²) in [5.41, 5.74) is 1.01. The maximum absolute atomic E-state index is 12.5. The SMILES string of the molecule is CCNC(=O)c1ccc(NC(=O)CCNS(=O)(=O)c2ccc3c(c2)OCCCO3)cc1. The predicted octanol–water partition coefficient (Wildman–Crippen LogP) is 1.90. The van der Waals surface area contributed by atoms with Crippen molar-refractivity contribution in [3.63, 3.8) is 0 Å². The fraction of sp³-hybridized carbons (Fsp3) is 0.333. The van der Waals surface area contributed by atoms with Crippen molar-refractivity contribution >= 4 is 27.5 Å². The minimum Gasteiger partial charge on any atom is -0.490 e. The second kappa shape index (κ2) is 10.3. The number of rotatable bonds is 8. The molecule has 0 aromatic heterocycles. The first-order valence-electron chi connectivity index (χ1n) is 9.96. The molecule has 3 N–H and O–H groups in total. The largest absolute Gasteiger partial charge is 0.490 e. The summed E-state index contributed by atoms with van der Waals surface area (Å²) < 4.78 is 38.5. The highest BCUT2D eigenvalue weighted by molar-refractivity contribution is 7.89. The maximum atomic E-state index is 12.5. The highest BCUT2D eigenvalue weighted by Gasteiger charge is 2.19. The van der Waals surface area contributed by atoms with Crippen molar-refractivity contribution in [2.75, 3.05) is 31.6 Å². The van der Waals surface area contributed by atoms with Crippen LogP contribution in [-0.2, 0) is 14.8 Å². The van der Waals surface area contributed by atoms with Crippen molar-refractivity contribution in [1.82, 2.24) is 10.0 Å². The Balaban J connectivity index is 1.51. The van der Waals surface area contributed by atoms with Crippen LogP contribution in [0.15, 0.2) is 47.4 Å². The molecular formula is C21H25N3O6S. The number of carbonyl (C=O) groups is 2. The van der Waals surface area contributed by atoms with Crippen LogP contribution in [0.2, 0.25) is 0 Å². The van der Waals surface area contributed by atoms with Gasteiger partial charge in [0.15, 0.2) is 11.5 Å². The lowest BCUT2D eigenvalue weighted by Crippen LogP contribution is -2.28. The number of carbonyl (C=O) groups excluding carboxylic acids is 2. The molecule has 0 aliphatic carbocycles. The summed E-state index contributed by atoms with van der Waals surface area (Å²) in [5.74, 6) is 0.347. The van der Waals surface area contributed by atoms with Gasteiger partial charge in [0.05, 0.1) is 18.1 Å². The van der Waals surface area contributed by atoms with Gasteiger partial charge >= 0.3 is 0 Å². The third-order valence-corrected chi connectivity index (χ3v) is 5.90. The van der Waals surface area contributed by atoms with E-state index in [4.69, 9.17) is 9.47 Å². The van der Waals surface area contributed by atoms with Crippen molar-refractivity contribution in [1.29, 1.82) is 0 Å². The zero-order valence-electron chi connectivity index (χ0n) is 17.1. The van der Waals surface area contributed by atoms with E-state index in [9.17, 15) is 18.0 Å². The summed E-state index contributed by atoms with van der Waals surface area (Å²) in [6.07, 6.45) is 0.667. The molecule has 1 heterocycles. The van der Waals surface area contributed by atoms with Gasteiger partial charge in [-0.3, -0.25) is 9.59 Å². The third-order valence-electron chi connectivity index (χ3n) is 4.44. The lowest BCUT2D eigenvalue weighted by Gasteiger charge is -2.11. The lowest BCUT2D eigenvalue weighted by molar-refractivity contribution is -0.116. The first-order chi connectivity index (χ1) is 14.9. The third kappa shape index (κ3) is 6.19. The highest BCUT2D eigenvalue weighted by atomic mass is 32.2. The van der Waals surface area contributed by atoms with Crippen molar-refractivity contribution in [3.8, 4) is 11.5 Å². The fourth-order valence-corrected chi connectivity index (χ4v) is 3.93. The molecule has 166 valence electrons. The molecule has 2 amide bonds. The summed E-state index contributed by atoms with van der Waals surface area (Å²) in [5, 5.41) is 5.36. The van der Waals surface area contributed by atoms with E-state index in [0.717, 1.165) is 6.42 Å². The van der Waals surface area contributed by atoms with Gasteiger partial charge < -0.3 is 20.1 Å². The number of fused-ring (bicyclic) bond motifs is 1. The molecule has 2 aromatic carbocycles. The number of anilines is 1. The molecule has 0 fully saturated rings. The topological polar surface area (TPSA) is 123 Å². The Morgan fingerprint density at radius 2 is 1.71 bits per heavy atom. The van der Waals surface area contributed by atoms with Crippen molar-refractivity contribution < 1.29 is 27.5 Å². The zero-order valence-corrected chi connectivity index (χ0v) is 18.0. The average Bonchev–Trinajstić information content (AvgIpc) is 2.99. The Morgan fingerprint density at radius 3 is 2.42 bits per heavy atom. The normalized spacial score (nSPS) is 13.2. The van der Waals surface area contributed by atoms with Gasteiger partial charge in [-0.2, -0.15) is 0 Å². The zero-order chi connectivity index (χ0) is 22.3. The number of amides is 2. The van der Waals surface area contributed by atoms with E-state index in [1.165, 1.54) is 12.1 Å². The van der Waals surface area contributed by atoms with E-state index < -0.39 is 10.0 Å². The number of hydrogen-bond acceptors (Lipinski definition) is 6. The standard InChI is InChI=1S/C21H25N3O6S/c1-2-22-21(26)15-4-6-16(7-5-15)24-20(25)10-11-23-31(27,28)17-8-9-18-19(14-17)30-13-3-12-29-18/h4-9,14,23H,2-3,10-13H2,1H3,(H,22,26)(H,24,25). The molecular weight excluding hydrogens is 422 g/mol. The Kier molecular flexibility index (Phi) is 7.48. The molecule has 0 radical (unpaired) electrons. The Labute approximate surface area is 181 Å². The van der Waals surface area contributed by atoms with Gasteiger partial charge in [0.2, 0.25) is 15.9 Å². The van der Waals surface area contributed by atoms with Gasteiger partial charge in [0.1, 0.15) is 0 Å². The van der Waals surface area contributed by atoms with Crippen LogP contribution in [0, 0.1) is 0 Å². The van der Waals surface area contributed by atoms with E-state index in [1.54, 1.807) is 30.3 Å². The van der Waals surface area contributed by atoms with Gasteiger partial charge in [-0.15, -0.1) is 0 Å². The van der Waals surface area contributed by atoms with E-state index >= 15 is 0 Å². The first-order valence-corrected chi connectivity index (χ1v) is 11.4. The van der Waals surface area contributed by atoms with E-state index in [-0.39, 0.29) is 29.7 Å². The van der Waals surface area contributed by atoms with Gasteiger partial charge in [-0.25, -0.2) is 13.1 Å². The smallest absolute Gasteiger partial charge is 0.251 e. The molecule has 0 spiro atoms. The van der Waals surface area contributed by atoms with Crippen LogP contribution >= 0.6 is 0 Å². The second-order valence-electron chi connectivity index (χ2n) is 6.79. The molecule has 0 unspecified atom stereocenters. The molecule has 0 bridgehead atoms. The van der Waals surface area contributed by atoms with Crippen LogP contribution in [-0.4, -0.2) is 46.5 Å². The van der Waals surface area contributed by atoms with Crippen LogP contribution in [0.5, 0.6) is 11.5 Å². The molecule has 1 aliphatic rings. The Hall–Kier alpha value is -3.11. The molecule has 2 aromatic rings. The highest BCUT2D eigenvalue weighted by Crippen LogP contribution is 2.31. The van der Waals surface area contributed by atoms with Crippen molar-refractivity contribution in [3.05, 3.63) is 48.0 Å². The lowest BCUT2D eigenvalue weighted by atomic mass is 10.2. The molecule has 10 heteroatoms. The van der Waals surface area contributed by atoms with E-state index in [1.807, 2.05) is 6.92 Å². The van der Waals surface area contributed by atoms with Crippen molar-refractivity contribution in [2.24, 2.45) is 0 Å². The average molecular weight is 448 g/mol. The van der Waals surface area contributed by atoms with Gasteiger partial charge in [0.25, 0.3) is 5.91 Å². The Morgan fingerprint density at radius 1 is 1.00 bits per heavy atom. The Bertz CT molecular complexity index is 1040. The summed E-state index contributed by atoms with van der Waals surface area (Å²) in [6.45, 7) is 3.25. The van der Waals surface area contributed by atoms with Crippen LogP contribution in [0.4, 0.5) is 5.69 Å². The minimum absolute atomic E-state index is 0.0399. The number of hydrogen-bond donors (Lipinski definition) is 3. The minimum atomic E-state index is -3.80. The number of ether oxygens (including phenoxy) is 2. The van der Waals surface area contributed by atoms with Crippen LogP contribution < -0.4 is 24.8 Å². The molecule has 3 rings (SSSR count). The number of nitrogens with one attached hydrogen (secondary N) is 3. The summed E-state index contributed by atoms with van der Waals surface area (Å²) in [4.78, 5) is 23.9. The molecule has 0 atom stereocenters. The fourth-order valence-electron chi connectivity index (χ4n) is 2.88. The van der Waals surface area contributed by atoms with E-state index in [2.05, 4.69) is 15.4 Å². The molecule has 1 aliphatic heterocycles. The number of benzene rings is 2. The monoisotopic (exact) mass is 447 g/mol. The predicted molar refractivity (Wildman–Crippen MR) is 115 cm³/mol. The first kappa shape index (κ1) is 22.6. The van der Waals surface area contributed by atoms with Crippen LogP contribution in [0.1, 0.15) is 30.1 Å². The quantitative estimate of drug-likeness (QED) is 0.568. The number of sulfonamides is 1. The van der Waals surface area contributed by atoms with Gasteiger partial charge in [-0.1, -0.05) is 0 Å². The molecule has 31 heavy (non-hydrogen) atoms. The second-order valence-corrected chi connectivity index (χ2v) is 8.56. The summed E-state index contributed by atoms with van der Waals surface area (Å²) >= 11 is 0. The van der Waals surface area contributed by atoms with Crippen LogP contribution in [0.3, 0.4) is 0 Å². The van der Waals surface area contributed by atoms with Gasteiger partial charge in [-0.05, 0) is 43.3 Å². The van der Waals surface area contributed by atoms with Gasteiger partial charge in [0, 0.05) is 43.2 Å². The molecule has 9 nitrogen and oxygen atoms in total.